The van der Waals surface area contributed by atoms with Crippen molar-refractivity contribution in [3.05, 3.63) is 54.4 Å². The lowest BCUT2D eigenvalue weighted by Crippen LogP contribution is -1.95. The highest BCUT2D eigenvalue weighted by atomic mass is 32.2. The lowest BCUT2D eigenvalue weighted by Gasteiger charge is -2.12. The summed E-state index contributed by atoms with van der Waals surface area (Å²) in [5.41, 5.74) is 9.87. The Morgan fingerprint density at radius 2 is 1.81 bits per heavy atom. The minimum Gasteiger partial charge on any atom is -0.398 e. The molecule has 0 bridgehead atoms. The molecular formula is C17H17N3S. The molecule has 3 nitrogen and oxygen atoms in total. The number of pyridine rings is 1. The van der Waals surface area contributed by atoms with Crippen LogP contribution < -0.4 is 11.1 Å². The third kappa shape index (κ3) is 2.81. The number of hydrogen-bond donors (Lipinski definition) is 2. The lowest BCUT2D eigenvalue weighted by molar-refractivity contribution is 1.22. The molecule has 0 fully saturated rings. The van der Waals surface area contributed by atoms with Gasteiger partial charge < -0.3 is 11.1 Å². The molecule has 3 rings (SSSR count). The number of benzene rings is 2. The quantitative estimate of drug-likeness (QED) is 0.548. The first kappa shape index (κ1) is 13.8. The summed E-state index contributed by atoms with van der Waals surface area (Å²) < 4.78 is 0. The number of anilines is 3. The average Bonchev–Trinajstić information content (AvgIpc) is 2.51. The zero-order valence-electron chi connectivity index (χ0n) is 12.1. The van der Waals surface area contributed by atoms with Gasteiger partial charge in [-0.1, -0.05) is 0 Å². The maximum atomic E-state index is 6.04. The van der Waals surface area contributed by atoms with Gasteiger partial charge in [0.05, 0.1) is 0 Å². The molecule has 0 spiro atoms. The Morgan fingerprint density at radius 1 is 1.05 bits per heavy atom. The minimum absolute atomic E-state index is 0.751. The van der Waals surface area contributed by atoms with Gasteiger partial charge in [-0.2, -0.15) is 0 Å². The van der Waals surface area contributed by atoms with Gasteiger partial charge >= 0.3 is 0 Å². The number of nitrogen functional groups attached to an aromatic ring is 1. The van der Waals surface area contributed by atoms with Crippen LogP contribution in [-0.4, -0.2) is 11.2 Å². The molecule has 4 heteroatoms. The molecule has 0 unspecified atom stereocenters. The predicted octanol–water partition coefficient (Wildman–Crippen LogP) is 4.59. The summed E-state index contributed by atoms with van der Waals surface area (Å²) in [5.74, 6) is 0. The first-order valence-corrected chi connectivity index (χ1v) is 7.96. The van der Waals surface area contributed by atoms with Crippen molar-refractivity contribution in [2.45, 2.75) is 11.8 Å². The summed E-state index contributed by atoms with van der Waals surface area (Å²) >= 11 is 1.74. The lowest BCUT2D eigenvalue weighted by atomic mass is 10.1. The van der Waals surface area contributed by atoms with Crippen LogP contribution in [0.25, 0.3) is 10.8 Å². The number of aromatic nitrogens is 1. The van der Waals surface area contributed by atoms with Crippen molar-refractivity contribution >= 4 is 39.6 Å². The van der Waals surface area contributed by atoms with E-state index in [1.165, 1.54) is 4.90 Å². The van der Waals surface area contributed by atoms with Crippen LogP contribution in [0.2, 0.25) is 0 Å². The number of aryl methyl sites for hydroxylation is 1. The number of rotatable bonds is 3. The van der Waals surface area contributed by atoms with Crippen LogP contribution in [0, 0.1) is 6.92 Å². The molecule has 0 aliphatic heterocycles. The molecule has 2 aromatic carbocycles. The molecule has 0 amide bonds. The molecular weight excluding hydrogens is 278 g/mol. The summed E-state index contributed by atoms with van der Waals surface area (Å²) in [5, 5.41) is 5.53. The SMILES string of the molecule is CSc1ccc(Nc2ccc(N)c3cnc(C)cc23)cc1. The molecule has 1 heterocycles. The fraction of sp³-hybridized carbons (Fsp3) is 0.118. The van der Waals surface area contributed by atoms with E-state index in [4.69, 9.17) is 5.73 Å². The fourth-order valence-electron chi connectivity index (χ4n) is 2.30. The van der Waals surface area contributed by atoms with Crippen LogP contribution in [-0.2, 0) is 0 Å². The average molecular weight is 295 g/mol. The molecule has 106 valence electrons. The standard InChI is InChI=1S/C17H17N3S/c1-11-9-14-15(10-19-11)16(18)7-8-17(14)20-12-3-5-13(21-2)6-4-12/h3-10,20H,18H2,1-2H3. The van der Waals surface area contributed by atoms with Gasteiger partial charge in [0.25, 0.3) is 0 Å². The second-order valence-electron chi connectivity index (χ2n) is 4.93. The van der Waals surface area contributed by atoms with E-state index in [-0.39, 0.29) is 0 Å². The summed E-state index contributed by atoms with van der Waals surface area (Å²) in [6.07, 6.45) is 3.91. The number of hydrogen-bond acceptors (Lipinski definition) is 4. The minimum atomic E-state index is 0.751. The van der Waals surface area contributed by atoms with Crippen LogP contribution in [0.1, 0.15) is 5.69 Å². The molecule has 3 aromatic rings. The first-order valence-electron chi connectivity index (χ1n) is 6.73. The molecule has 0 saturated carbocycles. The van der Waals surface area contributed by atoms with Gasteiger partial charge in [-0.05, 0) is 55.6 Å². The van der Waals surface area contributed by atoms with Gasteiger partial charge in [-0.25, -0.2) is 0 Å². The van der Waals surface area contributed by atoms with Gasteiger partial charge in [-0.3, -0.25) is 4.98 Å². The maximum absolute atomic E-state index is 6.04. The Kier molecular flexibility index (Phi) is 3.71. The monoisotopic (exact) mass is 295 g/mol. The number of nitrogens with zero attached hydrogens (tertiary/aromatic N) is 1. The van der Waals surface area contributed by atoms with Gasteiger partial charge in [0.15, 0.2) is 0 Å². The predicted molar refractivity (Wildman–Crippen MR) is 92.4 cm³/mol. The maximum Gasteiger partial charge on any atom is 0.0466 e. The number of nitrogens with one attached hydrogen (secondary N) is 1. The number of thioether (sulfide) groups is 1. The first-order chi connectivity index (χ1) is 10.2. The van der Waals surface area contributed by atoms with Crippen molar-refractivity contribution in [2.75, 3.05) is 17.3 Å². The van der Waals surface area contributed by atoms with Crippen LogP contribution >= 0.6 is 11.8 Å². The Bertz CT molecular complexity index is 782. The van der Waals surface area contributed by atoms with Gasteiger partial charge in [0, 0.05) is 44.6 Å². The zero-order chi connectivity index (χ0) is 14.8. The highest BCUT2D eigenvalue weighted by molar-refractivity contribution is 7.98. The number of nitrogens with two attached hydrogens (primary N) is 1. The van der Waals surface area contributed by atoms with Crippen molar-refractivity contribution in [1.29, 1.82) is 0 Å². The van der Waals surface area contributed by atoms with Crippen molar-refractivity contribution in [3.63, 3.8) is 0 Å². The normalized spacial score (nSPS) is 10.8. The molecule has 0 saturated heterocycles. The highest BCUT2D eigenvalue weighted by Crippen LogP contribution is 2.31. The largest absolute Gasteiger partial charge is 0.398 e. The van der Waals surface area contributed by atoms with E-state index in [9.17, 15) is 0 Å². The molecule has 3 N–H and O–H groups in total. The summed E-state index contributed by atoms with van der Waals surface area (Å²) in [6.45, 7) is 1.99. The zero-order valence-corrected chi connectivity index (χ0v) is 12.9. The molecule has 21 heavy (non-hydrogen) atoms. The molecule has 1 aromatic heterocycles. The van der Waals surface area contributed by atoms with Crippen molar-refractivity contribution in [3.8, 4) is 0 Å². The Labute approximate surface area is 128 Å². The van der Waals surface area contributed by atoms with E-state index in [0.717, 1.165) is 33.5 Å². The van der Waals surface area contributed by atoms with E-state index in [2.05, 4.69) is 46.9 Å². The highest BCUT2D eigenvalue weighted by Gasteiger charge is 2.05. The van der Waals surface area contributed by atoms with Gasteiger partial charge in [-0.15, -0.1) is 11.8 Å². The molecule has 0 atom stereocenters. The van der Waals surface area contributed by atoms with E-state index >= 15 is 0 Å². The summed E-state index contributed by atoms with van der Waals surface area (Å²) in [4.78, 5) is 5.58. The van der Waals surface area contributed by atoms with Crippen molar-refractivity contribution in [1.82, 2.24) is 4.98 Å². The second kappa shape index (κ2) is 5.66. The molecule has 0 aliphatic rings. The van der Waals surface area contributed by atoms with E-state index in [1.807, 2.05) is 25.3 Å². The van der Waals surface area contributed by atoms with E-state index in [1.54, 1.807) is 11.8 Å². The second-order valence-corrected chi connectivity index (χ2v) is 5.81. The van der Waals surface area contributed by atoms with E-state index < -0.39 is 0 Å². The Hall–Kier alpha value is -2.20. The Balaban J connectivity index is 2.03. The number of fused-ring (bicyclic) bond motifs is 1. The van der Waals surface area contributed by atoms with Crippen LogP contribution in [0.4, 0.5) is 17.1 Å². The van der Waals surface area contributed by atoms with Crippen LogP contribution in [0.15, 0.2) is 53.6 Å². The van der Waals surface area contributed by atoms with Gasteiger partial charge in [0.1, 0.15) is 0 Å². The third-order valence-electron chi connectivity index (χ3n) is 3.44. The molecule has 0 aliphatic carbocycles. The topological polar surface area (TPSA) is 50.9 Å². The fourth-order valence-corrected chi connectivity index (χ4v) is 2.71. The third-order valence-corrected chi connectivity index (χ3v) is 4.18. The molecule has 0 radical (unpaired) electrons. The van der Waals surface area contributed by atoms with Crippen LogP contribution in [0.3, 0.4) is 0 Å². The van der Waals surface area contributed by atoms with Crippen LogP contribution in [0.5, 0.6) is 0 Å². The summed E-state index contributed by atoms with van der Waals surface area (Å²) in [7, 11) is 0. The van der Waals surface area contributed by atoms with Crippen molar-refractivity contribution in [2.24, 2.45) is 0 Å². The van der Waals surface area contributed by atoms with Crippen molar-refractivity contribution < 1.29 is 0 Å². The summed E-state index contributed by atoms with van der Waals surface area (Å²) in [6, 6.07) is 14.4. The van der Waals surface area contributed by atoms with Gasteiger partial charge in [0.2, 0.25) is 0 Å². The van der Waals surface area contributed by atoms with E-state index in [0.29, 0.717) is 0 Å². The smallest absolute Gasteiger partial charge is 0.0466 e. The Morgan fingerprint density at radius 3 is 2.52 bits per heavy atom.